The molecule has 0 N–H and O–H groups in total. The number of fused-ring (bicyclic) bond motifs is 4. The van der Waals surface area contributed by atoms with Crippen molar-refractivity contribution in [2.75, 3.05) is 9.80 Å². The Bertz CT molecular complexity index is 3180. The van der Waals surface area contributed by atoms with Crippen molar-refractivity contribution in [3.63, 3.8) is 0 Å². The Kier molecular flexibility index (Phi) is 9.90. The van der Waals surface area contributed by atoms with Gasteiger partial charge in [0.15, 0.2) is 0 Å². The fourth-order valence-corrected chi connectivity index (χ4v) is 8.55. The van der Waals surface area contributed by atoms with Crippen molar-refractivity contribution in [1.82, 2.24) is 4.57 Å². The molecule has 3 nitrogen and oxygen atoms in total. The molecule has 0 amide bonds. The molecule has 0 bridgehead atoms. The van der Waals surface area contributed by atoms with E-state index in [1.165, 1.54) is 43.7 Å². The number of nitrogens with zero attached hydrogens (tertiary/aromatic N) is 3. The molecule has 0 spiro atoms. The fourth-order valence-electron chi connectivity index (χ4n) is 8.55. The summed E-state index contributed by atoms with van der Waals surface area (Å²) in [6.45, 7) is 8.07. The molecule has 10 rings (SSSR count). The van der Waals surface area contributed by atoms with E-state index < -0.39 is 0 Å². The van der Waals surface area contributed by atoms with E-state index in [-0.39, 0.29) is 0 Å². The molecular weight excluding hydrogens is 739 g/mol. The predicted octanol–water partition coefficient (Wildman–Crippen LogP) is 16.1. The van der Waals surface area contributed by atoms with Gasteiger partial charge in [-0.25, -0.2) is 0 Å². The minimum absolute atomic E-state index is 0.939. The van der Waals surface area contributed by atoms with E-state index in [1.807, 2.05) is 18.2 Å². The maximum absolute atomic E-state index is 4.11. The van der Waals surface area contributed by atoms with Gasteiger partial charge in [0.05, 0.1) is 11.0 Å². The van der Waals surface area contributed by atoms with Crippen LogP contribution in [0.5, 0.6) is 0 Å². The van der Waals surface area contributed by atoms with Gasteiger partial charge >= 0.3 is 0 Å². The third-order valence-electron chi connectivity index (χ3n) is 11.5. The van der Waals surface area contributed by atoms with Gasteiger partial charge < -0.3 is 14.4 Å². The maximum atomic E-state index is 4.11. The lowest BCUT2D eigenvalue weighted by Crippen LogP contribution is -2.15. The molecule has 0 atom stereocenters. The first kappa shape index (κ1) is 37.2. The molecule has 290 valence electrons. The minimum Gasteiger partial charge on any atom is -0.311 e. The summed E-state index contributed by atoms with van der Waals surface area (Å²) in [5.41, 5.74) is 14.4. The molecular formula is C58H43N3. The molecule has 0 saturated carbocycles. The van der Waals surface area contributed by atoms with Crippen LogP contribution in [0.3, 0.4) is 0 Å². The number of hydrogen-bond acceptors (Lipinski definition) is 2. The quantitative estimate of drug-likeness (QED) is 0.121. The number of aromatic nitrogens is 1. The van der Waals surface area contributed by atoms with Crippen molar-refractivity contribution in [1.29, 1.82) is 0 Å². The first-order valence-electron chi connectivity index (χ1n) is 20.7. The SMILES string of the molecule is C=C/C=C(\C=C)N(c1ccccc1)c1ccc(N(c2ccc(-c3ccccc3)cc2)c2ccc(-c3ccc(-n4c5ccccc5c5cc6ccccc6cc54)cc3)cc2)cc1. The zero-order valence-electron chi connectivity index (χ0n) is 33.8. The van der Waals surface area contributed by atoms with E-state index in [4.69, 9.17) is 0 Å². The van der Waals surface area contributed by atoms with Crippen LogP contribution in [0.2, 0.25) is 0 Å². The molecule has 9 aromatic carbocycles. The lowest BCUT2D eigenvalue weighted by atomic mass is 10.0. The Morgan fingerprint density at radius 1 is 0.393 bits per heavy atom. The van der Waals surface area contributed by atoms with Gasteiger partial charge in [-0.2, -0.15) is 0 Å². The molecule has 61 heavy (non-hydrogen) atoms. The minimum atomic E-state index is 0.939. The first-order chi connectivity index (χ1) is 30.2. The van der Waals surface area contributed by atoms with Crippen molar-refractivity contribution >= 4 is 61.0 Å². The molecule has 3 heteroatoms. The van der Waals surface area contributed by atoms with Crippen LogP contribution in [0, 0.1) is 0 Å². The fraction of sp³-hybridized carbons (Fsp3) is 0. The zero-order valence-corrected chi connectivity index (χ0v) is 33.8. The van der Waals surface area contributed by atoms with E-state index in [0.29, 0.717) is 0 Å². The Morgan fingerprint density at radius 2 is 0.852 bits per heavy atom. The summed E-state index contributed by atoms with van der Waals surface area (Å²) in [5.74, 6) is 0. The highest BCUT2D eigenvalue weighted by Gasteiger charge is 2.18. The van der Waals surface area contributed by atoms with Gasteiger partial charge in [-0.05, 0) is 136 Å². The highest BCUT2D eigenvalue weighted by Crippen LogP contribution is 2.40. The Labute approximate surface area is 357 Å². The topological polar surface area (TPSA) is 11.4 Å². The lowest BCUT2D eigenvalue weighted by Gasteiger charge is -2.29. The molecule has 10 aromatic rings. The molecule has 0 radical (unpaired) electrons. The summed E-state index contributed by atoms with van der Waals surface area (Å²) in [6, 6.07) is 78.2. The van der Waals surface area contributed by atoms with Gasteiger partial charge in [0, 0.05) is 50.6 Å². The highest BCUT2D eigenvalue weighted by molar-refractivity contribution is 6.13. The first-order valence-corrected chi connectivity index (χ1v) is 20.7. The second-order valence-corrected chi connectivity index (χ2v) is 15.1. The monoisotopic (exact) mass is 781 g/mol. The second-order valence-electron chi connectivity index (χ2n) is 15.1. The van der Waals surface area contributed by atoms with E-state index in [0.717, 1.165) is 50.9 Å². The predicted molar refractivity (Wildman–Crippen MR) is 261 cm³/mol. The van der Waals surface area contributed by atoms with Gasteiger partial charge in [-0.1, -0.05) is 147 Å². The van der Waals surface area contributed by atoms with Crippen molar-refractivity contribution in [3.05, 3.63) is 255 Å². The van der Waals surface area contributed by atoms with Crippen molar-refractivity contribution in [2.24, 2.45) is 0 Å². The smallest absolute Gasteiger partial charge is 0.0547 e. The van der Waals surface area contributed by atoms with Crippen molar-refractivity contribution in [2.45, 2.75) is 0 Å². The zero-order chi connectivity index (χ0) is 41.1. The largest absolute Gasteiger partial charge is 0.311 e. The molecule has 0 aliphatic rings. The third kappa shape index (κ3) is 7.09. The van der Waals surface area contributed by atoms with E-state index in [9.17, 15) is 0 Å². The average molecular weight is 782 g/mol. The Balaban J connectivity index is 1.00. The van der Waals surface area contributed by atoms with E-state index in [1.54, 1.807) is 6.08 Å². The van der Waals surface area contributed by atoms with Crippen LogP contribution in [-0.4, -0.2) is 4.57 Å². The molecule has 0 aliphatic carbocycles. The Hall–Kier alpha value is -8.14. The van der Waals surface area contributed by atoms with Crippen LogP contribution < -0.4 is 9.80 Å². The van der Waals surface area contributed by atoms with Crippen LogP contribution in [0.1, 0.15) is 0 Å². The van der Waals surface area contributed by atoms with Gasteiger partial charge in [0.2, 0.25) is 0 Å². The Morgan fingerprint density at radius 3 is 1.44 bits per heavy atom. The highest BCUT2D eigenvalue weighted by atomic mass is 15.2. The molecule has 0 unspecified atom stereocenters. The number of benzene rings is 9. The summed E-state index contributed by atoms with van der Waals surface area (Å²) in [4.78, 5) is 4.51. The standard InChI is InChI=1S/C58H43N3/c1-3-15-48(4-2)59(49-20-9-6-10-21-49)52-36-38-53(39-37-52)60(50-30-24-43(25-31-50)42-16-7-5-8-17-42)51-32-26-44(27-33-51)45-28-34-54(35-29-45)61-57-23-14-13-22-55(57)56-40-46-18-11-12-19-47(46)41-58(56)61/h3-41H,1-2H2/b48-15+. The van der Waals surface area contributed by atoms with Gasteiger partial charge in [0.25, 0.3) is 0 Å². The van der Waals surface area contributed by atoms with Crippen molar-refractivity contribution < 1.29 is 0 Å². The molecule has 0 saturated heterocycles. The number of hydrogen-bond donors (Lipinski definition) is 0. The van der Waals surface area contributed by atoms with E-state index in [2.05, 4.69) is 240 Å². The normalized spacial score (nSPS) is 11.5. The lowest BCUT2D eigenvalue weighted by molar-refractivity contribution is 1.18. The number of allylic oxidation sites excluding steroid dienone is 3. The van der Waals surface area contributed by atoms with Crippen LogP contribution >= 0.6 is 0 Å². The van der Waals surface area contributed by atoms with Gasteiger partial charge in [-0.15, -0.1) is 0 Å². The van der Waals surface area contributed by atoms with Crippen LogP contribution in [0.15, 0.2) is 255 Å². The maximum Gasteiger partial charge on any atom is 0.0547 e. The average Bonchev–Trinajstić information content (AvgIpc) is 3.65. The summed E-state index contributed by atoms with van der Waals surface area (Å²) >= 11 is 0. The number of anilines is 5. The second kappa shape index (κ2) is 16.2. The summed E-state index contributed by atoms with van der Waals surface area (Å²) in [6.07, 6.45) is 5.65. The summed E-state index contributed by atoms with van der Waals surface area (Å²) < 4.78 is 2.39. The number of rotatable bonds is 11. The van der Waals surface area contributed by atoms with Crippen LogP contribution in [0.4, 0.5) is 28.4 Å². The third-order valence-corrected chi connectivity index (χ3v) is 11.5. The summed E-state index contributed by atoms with van der Waals surface area (Å²) in [5, 5.41) is 5.02. The number of para-hydroxylation sites is 2. The van der Waals surface area contributed by atoms with Crippen molar-refractivity contribution in [3.8, 4) is 27.9 Å². The van der Waals surface area contributed by atoms with Gasteiger partial charge in [-0.3, -0.25) is 0 Å². The van der Waals surface area contributed by atoms with Crippen LogP contribution in [-0.2, 0) is 0 Å². The molecule has 0 aliphatic heterocycles. The van der Waals surface area contributed by atoms with Gasteiger partial charge in [0.1, 0.15) is 0 Å². The van der Waals surface area contributed by atoms with E-state index >= 15 is 0 Å². The molecule has 1 heterocycles. The molecule has 1 aromatic heterocycles. The summed E-state index contributed by atoms with van der Waals surface area (Å²) in [7, 11) is 0. The molecule has 0 fully saturated rings. The van der Waals surface area contributed by atoms with Crippen LogP contribution in [0.25, 0.3) is 60.5 Å².